The van der Waals surface area contributed by atoms with Crippen LogP contribution in [0, 0.1) is 0 Å². The molecule has 2 aliphatic rings. The maximum Gasteiger partial charge on any atom is 0.412 e. The van der Waals surface area contributed by atoms with E-state index in [1.165, 1.54) is 4.90 Å². The standard InChI is InChI=1S/C26H25N3O6S/c1-36(32,33)16-29-22-14-21(17-6-3-2-4-7-17)24(28-25(22)34-15-23(29)30)18-10-12-20(13-11-18)35-26(31)27-19-8-5-9-19/h2-4,6-7,10-14,19H,5,8-9,15-16H2,1H3,(H,27,31). The predicted octanol–water partition coefficient (Wildman–Crippen LogP) is 3.78. The van der Waals surface area contributed by atoms with Crippen molar-refractivity contribution in [2.75, 3.05) is 23.6 Å². The molecule has 1 N–H and O–H groups in total. The molecule has 1 aliphatic heterocycles. The molecule has 3 aromatic rings. The number of carbonyl (C=O) groups excluding carboxylic acids is 2. The molecule has 0 radical (unpaired) electrons. The third-order valence-corrected chi connectivity index (χ3v) is 6.83. The molecule has 2 aromatic carbocycles. The highest BCUT2D eigenvalue weighted by Crippen LogP contribution is 2.40. The van der Waals surface area contributed by atoms with Crippen molar-refractivity contribution in [2.24, 2.45) is 0 Å². The van der Waals surface area contributed by atoms with Crippen LogP contribution in [0.15, 0.2) is 60.7 Å². The molecule has 1 aliphatic carbocycles. The normalized spacial score (nSPS) is 15.5. The summed E-state index contributed by atoms with van der Waals surface area (Å²) in [5.74, 6) is -0.348. The van der Waals surface area contributed by atoms with Gasteiger partial charge in [0.2, 0.25) is 5.88 Å². The number of anilines is 1. The molecule has 0 unspecified atom stereocenters. The molecule has 2 heterocycles. The van der Waals surface area contributed by atoms with Crippen LogP contribution in [-0.2, 0) is 14.6 Å². The molecular weight excluding hydrogens is 482 g/mol. The first-order valence-electron chi connectivity index (χ1n) is 11.6. The van der Waals surface area contributed by atoms with E-state index in [0.717, 1.165) is 36.6 Å². The summed E-state index contributed by atoms with van der Waals surface area (Å²) in [6.07, 6.45) is 3.64. The molecule has 5 rings (SSSR count). The summed E-state index contributed by atoms with van der Waals surface area (Å²) < 4.78 is 35.0. The Labute approximate surface area is 209 Å². The number of pyridine rings is 1. The van der Waals surface area contributed by atoms with Crippen molar-refractivity contribution in [1.82, 2.24) is 10.3 Å². The van der Waals surface area contributed by atoms with Crippen molar-refractivity contribution in [3.05, 3.63) is 60.7 Å². The van der Waals surface area contributed by atoms with Gasteiger partial charge in [-0.25, -0.2) is 18.2 Å². The maximum absolute atomic E-state index is 12.5. The number of aromatic nitrogens is 1. The van der Waals surface area contributed by atoms with Crippen LogP contribution >= 0.6 is 0 Å². The fourth-order valence-corrected chi connectivity index (χ4v) is 4.85. The van der Waals surface area contributed by atoms with Gasteiger partial charge in [0.25, 0.3) is 5.91 Å². The smallest absolute Gasteiger partial charge is 0.412 e. The molecule has 186 valence electrons. The molecule has 9 nitrogen and oxygen atoms in total. The topological polar surface area (TPSA) is 115 Å². The summed E-state index contributed by atoms with van der Waals surface area (Å²) in [7, 11) is -3.48. The average molecular weight is 508 g/mol. The van der Waals surface area contributed by atoms with E-state index in [2.05, 4.69) is 5.32 Å². The Balaban J connectivity index is 1.51. The third-order valence-electron chi connectivity index (χ3n) is 6.11. The minimum Gasteiger partial charge on any atom is -0.466 e. The number of amides is 2. The Kier molecular flexibility index (Phi) is 6.36. The van der Waals surface area contributed by atoms with Crippen molar-refractivity contribution in [1.29, 1.82) is 0 Å². The second kappa shape index (κ2) is 9.62. The minimum absolute atomic E-state index is 0.174. The Morgan fingerprint density at radius 1 is 1.11 bits per heavy atom. The van der Waals surface area contributed by atoms with Crippen LogP contribution in [0.3, 0.4) is 0 Å². The van der Waals surface area contributed by atoms with Gasteiger partial charge in [-0.3, -0.25) is 9.69 Å². The lowest BCUT2D eigenvalue weighted by molar-refractivity contribution is -0.121. The lowest BCUT2D eigenvalue weighted by Crippen LogP contribution is -2.42. The summed E-state index contributed by atoms with van der Waals surface area (Å²) in [5.41, 5.74) is 3.15. The highest BCUT2D eigenvalue weighted by atomic mass is 32.2. The zero-order valence-electron chi connectivity index (χ0n) is 19.6. The van der Waals surface area contributed by atoms with E-state index in [4.69, 9.17) is 14.5 Å². The second-order valence-corrected chi connectivity index (χ2v) is 11.0. The fraction of sp³-hybridized carbons (Fsp3) is 0.269. The van der Waals surface area contributed by atoms with Gasteiger partial charge in [0.15, 0.2) is 16.4 Å². The van der Waals surface area contributed by atoms with Crippen LogP contribution in [0.1, 0.15) is 19.3 Å². The summed E-state index contributed by atoms with van der Waals surface area (Å²) in [6.45, 7) is -0.303. The third kappa shape index (κ3) is 5.18. The molecule has 10 heteroatoms. The molecule has 0 saturated heterocycles. The Morgan fingerprint density at radius 3 is 2.47 bits per heavy atom. The van der Waals surface area contributed by atoms with E-state index in [1.54, 1.807) is 30.3 Å². The molecule has 0 spiro atoms. The lowest BCUT2D eigenvalue weighted by Gasteiger charge is -2.29. The number of hydrogen-bond donors (Lipinski definition) is 1. The van der Waals surface area contributed by atoms with E-state index < -0.39 is 27.7 Å². The van der Waals surface area contributed by atoms with Gasteiger partial charge >= 0.3 is 6.09 Å². The van der Waals surface area contributed by atoms with Gasteiger partial charge in [-0.15, -0.1) is 0 Å². The SMILES string of the molecule is CS(=O)(=O)CN1C(=O)COc2nc(-c3ccc(OC(=O)NC4CCC4)cc3)c(-c3ccccc3)cc21. The zero-order chi connectivity index (χ0) is 25.3. The first-order chi connectivity index (χ1) is 17.3. The van der Waals surface area contributed by atoms with Crippen LogP contribution in [0.5, 0.6) is 11.6 Å². The van der Waals surface area contributed by atoms with Crippen molar-refractivity contribution < 1.29 is 27.5 Å². The molecule has 1 fully saturated rings. The number of carbonyl (C=O) groups is 2. The first-order valence-corrected chi connectivity index (χ1v) is 13.6. The number of hydrogen-bond acceptors (Lipinski definition) is 7. The largest absolute Gasteiger partial charge is 0.466 e. The van der Waals surface area contributed by atoms with Crippen LogP contribution in [-0.4, -0.2) is 50.2 Å². The van der Waals surface area contributed by atoms with E-state index in [1.807, 2.05) is 30.3 Å². The minimum atomic E-state index is -3.48. The molecule has 1 aromatic heterocycles. The van der Waals surface area contributed by atoms with Gasteiger partial charge in [0, 0.05) is 23.4 Å². The first kappa shape index (κ1) is 23.8. The summed E-state index contributed by atoms with van der Waals surface area (Å²) in [6, 6.07) is 18.3. The summed E-state index contributed by atoms with van der Waals surface area (Å²) >= 11 is 0. The Bertz CT molecular complexity index is 1400. The van der Waals surface area contributed by atoms with Crippen LogP contribution in [0.4, 0.5) is 10.5 Å². The summed E-state index contributed by atoms with van der Waals surface area (Å²) in [5, 5.41) is 2.83. The van der Waals surface area contributed by atoms with E-state index in [0.29, 0.717) is 22.7 Å². The Hall–Kier alpha value is -3.92. The monoisotopic (exact) mass is 507 g/mol. The van der Waals surface area contributed by atoms with Crippen molar-refractivity contribution >= 4 is 27.5 Å². The van der Waals surface area contributed by atoms with Crippen LogP contribution in [0.2, 0.25) is 0 Å². The fourth-order valence-electron chi connectivity index (χ4n) is 4.10. The van der Waals surface area contributed by atoms with E-state index in [9.17, 15) is 18.0 Å². The van der Waals surface area contributed by atoms with Gasteiger partial charge in [-0.2, -0.15) is 0 Å². The number of sulfone groups is 1. The molecule has 36 heavy (non-hydrogen) atoms. The summed E-state index contributed by atoms with van der Waals surface area (Å²) in [4.78, 5) is 30.5. The number of fused-ring (bicyclic) bond motifs is 1. The van der Waals surface area contributed by atoms with Gasteiger partial charge in [0.1, 0.15) is 17.3 Å². The van der Waals surface area contributed by atoms with Crippen LogP contribution < -0.4 is 19.7 Å². The molecule has 2 amide bonds. The zero-order valence-corrected chi connectivity index (χ0v) is 20.5. The van der Waals surface area contributed by atoms with Gasteiger partial charge in [-0.1, -0.05) is 30.3 Å². The quantitative estimate of drug-likeness (QED) is 0.540. The van der Waals surface area contributed by atoms with Gasteiger partial charge in [-0.05, 0) is 55.2 Å². The number of nitrogens with zero attached hydrogens (tertiary/aromatic N) is 2. The van der Waals surface area contributed by atoms with Crippen molar-refractivity contribution in [2.45, 2.75) is 25.3 Å². The molecule has 1 saturated carbocycles. The van der Waals surface area contributed by atoms with Crippen molar-refractivity contribution in [3.63, 3.8) is 0 Å². The van der Waals surface area contributed by atoms with E-state index >= 15 is 0 Å². The van der Waals surface area contributed by atoms with Crippen LogP contribution in [0.25, 0.3) is 22.4 Å². The van der Waals surface area contributed by atoms with Crippen molar-refractivity contribution in [3.8, 4) is 34.0 Å². The number of rotatable bonds is 6. The highest BCUT2D eigenvalue weighted by molar-refractivity contribution is 7.90. The number of nitrogens with one attached hydrogen (secondary N) is 1. The maximum atomic E-state index is 12.5. The molecule has 0 bridgehead atoms. The highest BCUT2D eigenvalue weighted by Gasteiger charge is 2.31. The lowest BCUT2D eigenvalue weighted by atomic mass is 9.93. The van der Waals surface area contributed by atoms with Gasteiger partial charge in [0.05, 0.1) is 5.69 Å². The Morgan fingerprint density at radius 2 is 1.83 bits per heavy atom. The number of ether oxygens (including phenoxy) is 2. The second-order valence-electron chi connectivity index (χ2n) is 8.93. The number of benzene rings is 2. The molecular formula is C26H25N3O6S. The van der Waals surface area contributed by atoms with Gasteiger partial charge < -0.3 is 14.8 Å². The average Bonchev–Trinajstić information content (AvgIpc) is 2.83. The molecule has 0 atom stereocenters. The predicted molar refractivity (Wildman–Crippen MR) is 135 cm³/mol. The van der Waals surface area contributed by atoms with E-state index in [-0.39, 0.29) is 18.5 Å².